The van der Waals surface area contributed by atoms with Gasteiger partial charge in [0.15, 0.2) is 0 Å². The fourth-order valence-electron chi connectivity index (χ4n) is 1.46. The van der Waals surface area contributed by atoms with Crippen molar-refractivity contribution in [1.29, 1.82) is 5.26 Å². The maximum absolute atomic E-state index is 8.57. The maximum atomic E-state index is 8.57. The summed E-state index contributed by atoms with van der Waals surface area (Å²) in [4.78, 5) is 0. The fourth-order valence-corrected chi connectivity index (χ4v) is 1.76. The molecule has 0 aliphatic rings. The van der Waals surface area contributed by atoms with Gasteiger partial charge in [0.25, 0.3) is 0 Å². The van der Waals surface area contributed by atoms with Crippen LogP contribution in [0.25, 0.3) is 5.69 Å². The van der Waals surface area contributed by atoms with Crippen LogP contribution in [0.5, 0.6) is 0 Å². The lowest BCUT2D eigenvalue weighted by atomic mass is 10.1. The van der Waals surface area contributed by atoms with Crippen molar-refractivity contribution in [2.24, 2.45) is 0 Å². The van der Waals surface area contributed by atoms with E-state index < -0.39 is 0 Å². The minimum Gasteiger partial charge on any atom is -0.322 e. The summed E-state index contributed by atoms with van der Waals surface area (Å²) in [6, 6.07) is 11.7. The van der Waals surface area contributed by atoms with E-state index >= 15 is 0 Å². The molecule has 0 atom stereocenters. The predicted molar refractivity (Wildman–Crippen MR) is 60.1 cm³/mol. The number of hydrogen-bond donors (Lipinski definition) is 0. The molecule has 0 aliphatic heterocycles. The first-order valence-corrected chi connectivity index (χ1v) is 4.98. The minimum atomic E-state index is 0.395. The smallest absolute Gasteiger partial charge is 0.0669 e. The predicted octanol–water partition coefficient (Wildman–Crippen LogP) is 3.20. The van der Waals surface area contributed by atoms with Gasteiger partial charge in [0.1, 0.15) is 0 Å². The molecule has 2 aromatic rings. The van der Waals surface area contributed by atoms with Crippen molar-refractivity contribution < 1.29 is 0 Å². The summed E-state index contributed by atoms with van der Waals surface area (Å²) in [5, 5.41) is 9.23. The average Bonchev–Trinajstić information content (AvgIpc) is 2.71. The maximum Gasteiger partial charge on any atom is 0.0669 e. The molecule has 0 spiro atoms. The highest BCUT2D eigenvalue weighted by molar-refractivity contribution is 6.32. The third kappa shape index (κ3) is 2.03. The van der Waals surface area contributed by atoms with Crippen LogP contribution in [0.3, 0.4) is 0 Å². The molecule has 1 aromatic heterocycles. The normalized spacial score (nSPS) is 9.87. The van der Waals surface area contributed by atoms with Crippen LogP contribution in [0.15, 0.2) is 42.7 Å². The Labute approximate surface area is 93.3 Å². The van der Waals surface area contributed by atoms with Crippen LogP contribution in [0.4, 0.5) is 0 Å². The number of nitrogens with zero attached hydrogens (tertiary/aromatic N) is 2. The van der Waals surface area contributed by atoms with Crippen LogP contribution in [-0.4, -0.2) is 4.57 Å². The van der Waals surface area contributed by atoms with Gasteiger partial charge in [-0.15, -0.1) is 0 Å². The third-order valence-electron chi connectivity index (χ3n) is 2.18. The van der Waals surface area contributed by atoms with E-state index in [9.17, 15) is 0 Å². The molecule has 0 unspecified atom stereocenters. The first-order valence-electron chi connectivity index (χ1n) is 4.60. The van der Waals surface area contributed by atoms with E-state index in [0.717, 1.165) is 11.3 Å². The summed E-state index contributed by atoms with van der Waals surface area (Å²) >= 11 is 6.13. The minimum absolute atomic E-state index is 0.395. The van der Waals surface area contributed by atoms with Crippen molar-refractivity contribution in [3.8, 4) is 11.8 Å². The molecule has 0 fully saturated rings. The molecule has 74 valence electrons. The standard InChI is InChI=1S/C12H9ClN2/c13-11-9-10(5-6-14)3-4-12(11)15-7-1-2-8-15/h1-4,7-9H,5H2. The first-order chi connectivity index (χ1) is 7.31. The molecule has 0 saturated carbocycles. The van der Waals surface area contributed by atoms with E-state index in [0.29, 0.717) is 11.4 Å². The Bertz CT molecular complexity index is 495. The molecule has 1 heterocycles. The monoisotopic (exact) mass is 216 g/mol. The summed E-state index contributed by atoms with van der Waals surface area (Å²) in [6.45, 7) is 0. The molecule has 15 heavy (non-hydrogen) atoms. The second-order valence-electron chi connectivity index (χ2n) is 3.21. The van der Waals surface area contributed by atoms with E-state index in [1.165, 1.54) is 0 Å². The van der Waals surface area contributed by atoms with Gasteiger partial charge >= 0.3 is 0 Å². The summed E-state index contributed by atoms with van der Waals surface area (Å²) in [5.74, 6) is 0. The SMILES string of the molecule is N#CCc1ccc(-n2cccc2)c(Cl)c1. The number of hydrogen-bond acceptors (Lipinski definition) is 1. The molecule has 0 saturated heterocycles. The third-order valence-corrected chi connectivity index (χ3v) is 2.48. The first kappa shape index (κ1) is 9.82. The van der Waals surface area contributed by atoms with Crippen LogP contribution in [0.2, 0.25) is 5.02 Å². The number of aromatic nitrogens is 1. The average molecular weight is 217 g/mol. The summed E-state index contributed by atoms with van der Waals surface area (Å²) < 4.78 is 1.94. The van der Waals surface area contributed by atoms with Crippen LogP contribution in [0, 0.1) is 11.3 Å². The summed E-state index contributed by atoms with van der Waals surface area (Å²) in [6.07, 6.45) is 4.27. The molecule has 3 heteroatoms. The molecule has 0 bridgehead atoms. The van der Waals surface area contributed by atoms with E-state index in [2.05, 4.69) is 6.07 Å². The molecule has 0 radical (unpaired) electrons. The molecule has 2 rings (SSSR count). The molecule has 0 amide bonds. The quantitative estimate of drug-likeness (QED) is 0.758. The van der Waals surface area contributed by atoms with E-state index in [4.69, 9.17) is 16.9 Å². The van der Waals surface area contributed by atoms with Crippen molar-refractivity contribution in [3.05, 3.63) is 53.3 Å². The highest BCUT2D eigenvalue weighted by Crippen LogP contribution is 2.22. The summed E-state index contributed by atoms with van der Waals surface area (Å²) in [5.41, 5.74) is 1.88. The summed E-state index contributed by atoms with van der Waals surface area (Å²) in [7, 11) is 0. The Morgan fingerprint density at radius 3 is 2.60 bits per heavy atom. The molecule has 2 nitrogen and oxygen atoms in total. The van der Waals surface area contributed by atoms with Gasteiger partial charge in [0, 0.05) is 12.4 Å². The number of halogens is 1. The van der Waals surface area contributed by atoms with E-state index in [1.54, 1.807) is 0 Å². The lowest BCUT2D eigenvalue weighted by Gasteiger charge is -2.06. The lowest BCUT2D eigenvalue weighted by molar-refractivity contribution is 1.08. The van der Waals surface area contributed by atoms with Gasteiger partial charge < -0.3 is 4.57 Å². The van der Waals surface area contributed by atoms with E-state index in [-0.39, 0.29) is 0 Å². The Morgan fingerprint density at radius 2 is 2.00 bits per heavy atom. The zero-order valence-corrected chi connectivity index (χ0v) is 8.78. The van der Waals surface area contributed by atoms with Crippen LogP contribution >= 0.6 is 11.6 Å². The molecular weight excluding hydrogens is 208 g/mol. The zero-order chi connectivity index (χ0) is 10.7. The van der Waals surface area contributed by atoms with Gasteiger partial charge in [0.2, 0.25) is 0 Å². The van der Waals surface area contributed by atoms with Gasteiger partial charge in [-0.05, 0) is 29.8 Å². The van der Waals surface area contributed by atoms with Gasteiger partial charge in [-0.3, -0.25) is 0 Å². The Morgan fingerprint density at radius 1 is 1.27 bits per heavy atom. The van der Waals surface area contributed by atoms with Crippen LogP contribution in [0.1, 0.15) is 5.56 Å². The van der Waals surface area contributed by atoms with Crippen molar-refractivity contribution >= 4 is 11.6 Å². The number of nitriles is 1. The molecule has 0 aliphatic carbocycles. The lowest BCUT2D eigenvalue weighted by Crippen LogP contribution is -1.92. The topological polar surface area (TPSA) is 28.7 Å². The van der Waals surface area contributed by atoms with Gasteiger partial charge in [-0.25, -0.2) is 0 Å². The van der Waals surface area contributed by atoms with Crippen molar-refractivity contribution in [3.63, 3.8) is 0 Å². The fraction of sp³-hybridized carbons (Fsp3) is 0.0833. The zero-order valence-electron chi connectivity index (χ0n) is 8.02. The number of rotatable bonds is 2. The van der Waals surface area contributed by atoms with Gasteiger partial charge in [-0.2, -0.15) is 5.26 Å². The Hall–Kier alpha value is -1.72. The second kappa shape index (κ2) is 4.20. The van der Waals surface area contributed by atoms with Crippen LogP contribution < -0.4 is 0 Å². The van der Waals surface area contributed by atoms with Gasteiger partial charge in [0.05, 0.1) is 23.2 Å². The Kier molecular flexibility index (Phi) is 2.75. The highest BCUT2D eigenvalue weighted by atomic mass is 35.5. The van der Waals surface area contributed by atoms with Crippen molar-refractivity contribution in [2.75, 3.05) is 0 Å². The molecule has 1 aromatic carbocycles. The molecular formula is C12H9ClN2. The largest absolute Gasteiger partial charge is 0.322 e. The second-order valence-corrected chi connectivity index (χ2v) is 3.62. The van der Waals surface area contributed by atoms with Crippen LogP contribution in [-0.2, 0) is 6.42 Å². The van der Waals surface area contributed by atoms with Crippen molar-refractivity contribution in [2.45, 2.75) is 6.42 Å². The Balaban J connectivity index is 2.40. The van der Waals surface area contributed by atoms with E-state index in [1.807, 2.05) is 47.3 Å². The van der Waals surface area contributed by atoms with Crippen molar-refractivity contribution in [1.82, 2.24) is 4.57 Å². The highest BCUT2D eigenvalue weighted by Gasteiger charge is 2.02. The van der Waals surface area contributed by atoms with Gasteiger partial charge in [-0.1, -0.05) is 17.7 Å². The molecule has 0 N–H and O–H groups in total. The number of benzene rings is 1.